The molecule has 0 saturated carbocycles. The van der Waals surface area contributed by atoms with Crippen molar-refractivity contribution in [2.45, 2.75) is 32.7 Å². The highest BCUT2D eigenvalue weighted by Crippen LogP contribution is 2.22. The van der Waals surface area contributed by atoms with Crippen molar-refractivity contribution in [3.8, 4) is 5.75 Å². The Kier molecular flexibility index (Phi) is 5.55. The molecule has 120 valence electrons. The SMILES string of the molecule is CC(=O)c1cccc(OCC(=O)N2CCC(C)CC2CN)c1. The largest absolute Gasteiger partial charge is 0.484 e. The molecule has 1 aliphatic heterocycles. The fourth-order valence-corrected chi connectivity index (χ4v) is 2.84. The number of nitrogens with zero attached hydrogens (tertiary/aromatic N) is 1. The topological polar surface area (TPSA) is 72.6 Å². The first-order valence-corrected chi connectivity index (χ1v) is 7.74. The molecule has 1 heterocycles. The van der Waals surface area contributed by atoms with Crippen LogP contribution < -0.4 is 10.5 Å². The summed E-state index contributed by atoms with van der Waals surface area (Å²) in [5.74, 6) is 1.07. The van der Waals surface area contributed by atoms with E-state index in [1.54, 1.807) is 24.3 Å². The summed E-state index contributed by atoms with van der Waals surface area (Å²) in [7, 11) is 0. The minimum Gasteiger partial charge on any atom is -0.484 e. The number of ether oxygens (including phenoxy) is 1. The Bertz CT molecular complexity index is 544. The second-order valence-electron chi connectivity index (χ2n) is 5.98. The van der Waals surface area contributed by atoms with E-state index in [-0.39, 0.29) is 24.3 Å². The number of carbonyl (C=O) groups is 2. The first-order chi connectivity index (χ1) is 10.5. The van der Waals surface area contributed by atoms with Gasteiger partial charge in [-0.05, 0) is 37.8 Å². The van der Waals surface area contributed by atoms with Crippen LogP contribution in [0.2, 0.25) is 0 Å². The Morgan fingerprint density at radius 3 is 2.86 bits per heavy atom. The maximum atomic E-state index is 12.3. The van der Waals surface area contributed by atoms with Gasteiger partial charge in [0.2, 0.25) is 0 Å². The number of hydrogen-bond acceptors (Lipinski definition) is 4. The zero-order valence-electron chi connectivity index (χ0n) is 13.2. The van der Waals surface area contributed by atoms with Crippen LogP contribution in [0.1, 0.15) is 37.0 Å². The molecule has 1 aliphatic rings. The first-order valence-electron chi connectivity index (χ1n) is 7.74. The highest BCUT2D eigenvalue weighted by Gasteiger charge is 2.28. The lowest BCUT2D eigenvalue weighted by Gasteiger charge is -2.37. The molecule has 0 aliphatic carbocycles. The maximum Gasteiger partial charge on any atom is 0.260 e. The Labute approximate surface area is 131 Å². The molecule has 1 fully saturated rings. The minimum absolute atomic E-state index is 0.0216. The second kappa shape index (κ2) is 7.40. The Hall–Kier alpha value is -1.88. The van der Waals surface area contributed by atoms with Crippen LogP contribution in [-0.4, -0.2) is 42.3 Å². The summed E-state index contributed by atoms with van der Waals surface area (Å²) >= 11 is 0. The molecule has 1 saturated heterocycles. The monoisotopic (exact) mass is 304 g/mol. The number of piperidine rings is 1. The van der Waals surface area contributed by atoms with Gasteiger partial charge in [0.25, 0.3) is 5.91 Å². The van der Waals surface area contributed by atoms with Crippen molar-refractivity contribution in [2.75, 3.05) is 19.7 Å². The van der Waals surface area contributed by atoms with E-state index in [2.05, 4.69) is 6.92 Å². The average molecular weight is 304 g/mol. The molecule has 1 aromatic carbocycles. The summed E-state index contributed by atoms with van der Waals surface area (Å²) in [5, 5.41) is 0. The normalized spacial score (nSPS) is 21.5. The molecular formula is C17H24N2O3. The minimum atomic E-state index is -0.0458. The van der Waals surface area contributed by atoms with Gasteiger partial charge in [0.1, 0.15) is 5.75 Å². The molecule has 0 bridgehead atoms. The van der Waals surface area contributed by atoms with Gasteiger partial charge in [0.05, 0.1) is 0 Å². The quantitative estimate of drug-likeness (QED) is 0.843. The van der Waals surface area contributed by atoms with E-state index >= 15 is 0 Å². The molecule has 2 N–H and O–H groups in total. The molecule has 0 spiro atoms. The number of likely N-dealkylation sites (tertiary alicyclic amines) is 1. The highest BCUT2D eigenvalue weighted by atomic mass is 16.5. The third-order valence-corrected chi connectivity index (χ3v) is 4.17. The van der Waals surface area contributed by atoms with Gasteiger partial charge >= 0.3 is 0 Å². The van der Waals surface area contributed by atoms with Crippen LogP contribution in [-0.2, 0) is 4.79 Å². The summed E-state index contributed by atoms with van der Waals surface area (Å²) in [4.78, 5) is 25.5. The molecule has 2 unspecified atom stereocenters. The fraction of sp³-hybridized carbons (Fsp3) is 0.529. The average Bonchev–Trinajstić information content (AvgIpc) is 2.52. The van der Waals surface area contributed by atoms with E-state index in [0.29, 0.717) is 23.8 Å². The van der Waals surface area contributed by atoms with Crippen LogP contribution >= 0.6 is 0 Å². The van der Waals surface area contributed by atoms with Crippen molar-refractivity contribution >= 4 is 11.7 Å². The van der Waals surface area contributed by atoms with Crippen LogP contribution in [0.3, 0.4) is 0 Å². The molecule has 0 aromatic heterocycles. The van der Waals surface area contributed by atoms with Crippen molar-refractivity contribution in [1.29, 1.82) is 0 Å². The zero-order valence-corrected chi connectivity index (χ0v) is 13.2. The van der Waals surface area contributed by atoms with Crippen molar-refractivity contribution in [3.63, 3.8) is 0 Å². The third-order valence-electron chi connectivity index (χ3n) is 4.17. The van der Waals surface area contributed by atoms with Gasteiger partial charge in [-0.25, -0.2) is 0 Å². The number of ketones is 1. The summed E-state index contributed by atoms with van der Waals surface area (Å²) in [6.45, 7) is 4.89. The second-order valence-corrected chi connectivity index (χ2v) is 5.98. The lowest BCUT2D eigenvalue weighted by atomic mass is 9.92. The van der Waals surface area contributed by atoms with E-state index in [9.17, 15) is 9.59 Å². The third kappa shape index (κ3) is 4.07. The van der Waals surface area contributed by atoms with Crippen molar-refractivity contribution < 1.29 is 14.3 Å². The summed E-state index contributed by atoms with van der Waals surface area (Å²) in [5.41, 5.74) is 6.36. The number of nitrogens with two attached hydrogens (primary N) is 1. The zero-order chi connectivity index (χ0) is 16.1. The Morgan fingerprint density at radius 1 is 1.41 bits per heavy atom. The van der Waals surface area contributed by atoms with Gasteiger partial charge in [0.15, 0.2) is 12.4 Å². The lowest BCUT2D eigenvalue weighted by molar-refractivity contribution is -0.137. The molecule has 22 heavy (non-hydrogen) atoms. The van der Waals surface area contributed by atoms with Crippen LogP contribution in [0.5, 0.6) is 5.75 Å². The first kappa shape index (κ1) is 16.5. The van der Waals surface area contributed by atoms with E-state index in [1.165, 1.54) is 6.92 Å². The number of amides is 1. The maximum absolute atomic E-state index is 12.3. The van der Waals surface area contributed by atoms with Crippen molar-refractivity contribution in [2.24, 2.45) is 11.7 Å². The number of carbonyl (C=O) groups excluding carboxylic acids is 2. The van der Waals surface area contributed by atoms with Crippen molar-refractivity contribution in [3.05, 3.63) is 29.8 Å². The number of benzene rings is 1. The number of rotatable bonds is 5. The van der Waals surface area contributed by atoms with Crippen molar-refractivity contribution in [1.82, 2.24) is 4.90 Å². The van der Waals surface area contributed by atoms with Gasteiger partial charge in [-0.1, -0.05) is 19.1 Å². The number of hydrogen-bond donors (Lipinski definition) is 1. The van der Waals surface area contributed by atoms with Gasteiger partial charge in [-0.15, -0.1) is 0 Å². The molecule has 0 radical (unpaired) electrons. The molecule has 5 nitrogen and oxygen atoms in total. The van der Waals surface area contributed by atoms with E-state index in [4.69, 9.17) is 10.5 Å². The Morgan fingerprint density at radius 2 is 2.18 bits per heavy atom. The van der Waals surface area contributed by atoms with Crippen LogP contribution in [0.25, 0.3) is 0 Å². The fourth-order valence-electron chi connectivity index (χ4n) is 2.84. The summed E-state index contributed by atoms with van der Waals surface area (Å²) < 4.78 is 5.55. The highest BCUT2D eigenvalue weighted by molar-refractivity contribution is 5.94. The van der Waals surface area contributed by atoms with Gasteiger partial charge in [0, 0.05) is 24.7 Å². The molecular weight excluding hydrogens is 280 g/mol. The van der Waals surface area contributed by atoms with Crippen LogP contribution in [0.15, 0.2) is 24.3 Å². The predicted octanol–water partition coefficient (Wildman–Crippen LogP) is 1.85. The van der Waals surface area contributed by atoms with Gasteiger partial charge in [-0.3, -0.25) is 9.59 Å². The van der Waals surface area contributed by atoms with E-state index in [0.717, 1.165) is 19.4 Å². The van der Waals surface area contributed by atoms with Gasteiger partial charge in [-0.2, -0.15) is 0 Å². The molecule has 1 amide bonds. The van der Waals surface area contributed by atoms with E-state index < -0.39 is 0 Å². The van der Waals surface area contributed by atoms with Gasteiger partial charge < -0.3 is 15.4 Å². The Balaban J connectivity index is 1.94. The van der Waals surface area contributed by atoms with Crippen LogP contribution in [0, 0.1) is 5.92 Å². The smallest absolute Gasteiger partial charge is 0.260 e. The molecule has 5 heteroatoms. The number of Topliss-reactive ketones (excluding diaryl/α,β-unsaturated/α-hetero) is 1. The summed E-state index contributed by atoms with van der Waals surface area (Å²) in [6, 6.07) is 6.99. The molecule has 2 rings (SSSR count). The summed E-state index contributed by atoms with van der Waals surface area (Å²) in [6.07, 6.45) is 1.95. The van der Waals surface area contributed by atoms with Crippen LogP contribution in [0.4, 0.5) is 0 Å². The molecule has 2 atom stereocenters. The predicted molar refractivity (Wildman–Crippen MR) is 84.9 cm³/mol. The van der Waals surface area contributed by atoms with E-state index in [1.807, 2.05) is 4.90 Å². The molecule has 1 aromatic rings. The lowest BCUT2D eigenvalue weighted by Crippen LogP contribution is -2.50. The standard InChI is InChI=1S/C17H24N2O3/c1-12-6-7-19(15(8-12)10-18)17(21)11-22-16-5-3-4-14(9-16)13(2)20/h3-5,9,12,15H,6-8,10-11,18H2,1-2H3.